The van der Waals surface area contributed by atoms with E-state index in [2.05, 4.69) is 38.0 Å². The van der Waals surface area contributed by atoms with Crippen molar-refractivity contribution >= 4 is 44.5 Å². The Morgan fingerprint density at radius 3 is 2.74 bits per heavy atom. The van der Waals surface area contributed by atoms with Gasteiger partial charge >= 0.3 is 0 Å². The van der Waals surface area contributed by atoms with E-state index in [0.29, 0.717) is 0 Å². The second-order valence-electron chi connectivity index (χ2n) is 4.30. The minimum absolute atomic E-state index is 0.0488. The van der Waals surface area contributed by atoms with Crippen molar-refractivity contribution in [3.63, 3.8) is 0 Å². The van der Waals surface area contributed by atoms with Crippen LogP contribution in [0.5, 0.6) is 0 Å². The lowest BCUT2D eigenvalue weighted by Crippen LogP contribution is -2.07. The zero-order chi connectivity index (χ0) is 13.8. The second-order valence-corrected chi connectivity index (χ2v) is 6.21. The van der Waals surface area contributed by atoms with Crippen molar-refractivity contribution in [2.75, 3.05) is 10.6 Å². The monoisotopic (exact) mass is 338 g/mol. The summed E-state index contributed by atoms with van der Waals surface area (Å²) in [6.45, 7) is 4.30. The van der Waals surface area contributed by atoms with Gasteiger partial charge in [-0.2, -0.15) is 0 Å². The van der Waals surface area contributed by atoms with Crippen LogP contribution in [0.15, 0.2) is 34.1 Å². The van der Waals surface area contributed by atoms with Gasteiger partial charge < -0.3 is 10.6 Å². The fraction of sp³-hybridized carbons (Fsp3) is 0.214. The summed E-state index contributed by atoms with van der Waals surface area (Å²) in [5, 5.41) is 8.25. The minimum Gasteiger partial charge on any atom is -0.380 e. The number of rotatable bonds is 4. The van der Waals surface area contributed by atoms with Crippen LogP contribution in [-0.2, 0) is 11.3 Å². The van der Waals surface area contributed by atoms with Crippen LogP contribution in [0.4, 0.5) is 11.4 Å². The predicted octanol–water partition coefficient (Wildman–Crippen LogP) is 4.39. The van der Waals surface area contributed by atoms with Gasteiger partial charge in [-0.1, -0.05) is 0 Å². The number of amides is 1. The fourth-order valence-electron chi connectivity index (χ4n) is 1.74. The molecular weight excluding hydrogens is 324 g/mol. The summed E-state index contributed by atoms with van der Waals surface area (Å²) >= 11 is 5.16. The summed E-state index contributed by atoms with van der Waals surface area (Å²) in [4.78, 5) is 12.3. The first-order valence-corrected chi connectivity index (χ1v) is 7.57. The molecule has 0 atom stereocenters. The van der Waals surface area contributed by atoms with Crippen LogP contribution >= 0.6 is 27.3 Å². The summed E-state index contributed by atoms with van der Waals surface area (Å²) in [6, 6.07) is 8.04. The molecule has 0 saturated heterocycles. The van der Waals surface area contributed by atoms with Gasteiger partial charge in [-0.15, -0.1) is 11.3 Å². The number of aryl methyl sites for hydroxylation is 1. The second kappa shape index (κ2) is 6.21. The van der Waals surface area contributed by atoms with Crippen LogP contribution in [-0.4, -0.2) is 5.91 Å². The third-order valence-corrected chi connectivity index (χ3v) is 4.32. The maximum absolute atomic E-state index is 11.0. The number of hydrogen-bond donors (Lipinski definition) is 2. The van der Waals surface area contributed by atoms with Crippen molar-refractivity contribution in [2.24, 2.45) is 0 Å². The Balaban J connectivity index is 2.01. The Labute approximate surface area is 125 Å². The standard InChI is InChI=1S/C14H15BrN2OS/c1-9-5-12(3-4-14(9)17-10(2)18)16-7-13-6-11(15)8-19-13/h3-6,8,16H,7H2,1-2H3,(H,17,18). The summed E-state index contributed by atoms with van der Waals surface area (Å²) < 4.78 is 1.12. The number of carbonyl (C=O) groups is 1. The van der Waals surface area contributed by atoms with Gasteiger partial charge in [0.15, 0.2) is 0 Å². The Kier molecular flexibility index (Phi) is 4.61. The molecule has 1 amide bonds. The molecule has 2 rings (SSSR count). The average Bonchev–Trinajstić information content (AvgIpc) is 2.75. The molecular formula is C14H15BrN2OS. The molecule has 0 radical (unpaired) electrons. The molecule has 2 aromatic rings. The van der Waals surface area contributed by atoms with Crippen LogP contribution in [0.3, 0.4) is 0 Å². The van der Waals surface area contributed by atoms with Crippen LogP contribution in [0.2, 0.25) is 0 Å². The molecule has 2 N–H and O–H groups in total. The zero-order valence-electron chi connectivity index (χ0n) is 10.8. The van der Waals surface area contributed by atoms with Crippen LogP contribution in [0, 0.1) is 6.92 Å². The summed E-state index contributed by atoms with van der Waals surface area (Å²) in [5.41, 5.74) is 2.96. The normalized spacial score (nSPS) is 10.3. The molecule has 1 heterocycles. The summed E-state index contributed by atoms with van der Waals surface area (Å²) in [7, 11) is 0. The fourth-order valence-corrected chi connectivity index (χ4v) is 3.13. The van der Waals surface area contributed by atoms with E-state index in [1.165, 1.54) is 11.8 Å². The van der Waals surface area contributed by atoms with Gasteiger partial charge in [0.2, 0.25) is 5.91 Å². The lowest BCUT2D eigenvalue weighted by Gasteiger charge is -2.10. The number of hydrogen-bond acceptors (Lipinski definition) is 3. The number of halogens is 1. The zero-order valence-corrected chi connectivity index (χ0v) is 13.2. The highest BCUT2D eigenvalue weighted by Gasteiger charge is 2.02. The topological polar surface area (TPSA) is 41.1 Å². The van der Waals surface area contributed by atoms with Crippen molar-refractivity contribution in [2.45, 2.75) is 20.4 Å². The molecule has 1 aromatic carbocycles. The minimum atomic E-state index is -0.0488. The number of nitrogens with one attached hydrogen (secondary N) is 2. The van der Waals surface area contributed by atoms with E-state index in [4.69, 9.17) is 0 Å². The van der Waals surface area contributed by atoms with Gasteiger partial charge in [0.05, 0.1) is 0 Å². The number of thiophene rings is 1. The maximum atomic E-state index is 11.0. The van der Waals surface area contributed by atoms with Crippen LogP contribution < -0.4 is 10.6 Å². The van der Waals surface area contributed by atoms with Gasteiger partial charge in [0.1, 0.15) is 0 Å². The number of benzene rings is 1. The number of carbonyl (C=O) groups excluding carboxylic acids is 1. The van der Waals surface area contributed by atoms with Crippen LogP contribution in [0.25, 0.3) is 0 Å². The third-order valence-electron chi connectivity index (χ3n) is 2.63. The van der Waals surface area contributed by atoms with E-state index in [1.54, 1.807) is 11.3 Å². The van der Waals surface area contributed by atoms with Crippen molar-refractivity contribution in [1.82, 2.24) is 0 Å². The molecule has 3 nitrogen and oxygen atoms in total. The summed E-state index contributed by atoms with van der Waals surface area (Å²) in [6.07, 6.45) is 0. The van der Waals surface area contributed by atoms with Crippen molar-refractivity contribution < 1.29 is 4.79 Å². The molecule has 0 aliphatic carbocycles. The van der Waals surface area contributed by atoms with Gasteiger partial charge in [0, 0.05) is 39.6 Å². The molecule has 5 heteroatoms. The highest BCUT2D eigenvalue weighted by atomic mass is 79.9. The van der Waals surface area contributed by atoms with E-state index in [1.807, 2.05) is 25.1 Å². The molecule has 1 aromatic heterocycles. The smallest absolute Gasteiger partial charge is 0.221 e. The largest absolute Gasteiger partial charge is 0.380 e. The molecule has 0 aliphatic heterocycles. The Morgan fingerprint density at radius 2 is 2.16 bits per heavy atom. The molecule has 19 heavy (non-hydrogen) atoms. The van der Waals surface area contributed by atoms with Gasteiger partial charge in [0.25, 0.3) is 0 Å². The lowest BCUT2D eigenvalue weighted by molar-refractivity contribution is -0.114. The van der Waals surface area contributed by atoms with E-state index in [9.17, 15) is 4.79 Å². The van der Waals surface area contributed by atoms with E-state index in [0.717, 1.165) is 28.0 Å². The molecule has 0 fully saturated rings. The first-order chi connectivity index (χ1) is 9.04. The van der Waals surface area contributed by atoms with E-state index < -0.39 is 0 Å². The first kappa shape index (κ1) is 14.1. The van der Waals surface area contributed by atoms with Gasteiger partial charge in [-0.05, 0) is 52.7 Å². The highest BCUT2D eigenvalue weighted by molar-refractivity contribution is 9.10. The quantitative estimate of drug-likeness (QED) is 0.867. The van der Waals surface area contributed by atoms with Crippen molar-refractivity contribution in [3.8, 4) is 0 Å². The molecule has 100 valence electrons. The number of anilines is 2. The van der Waals surface area contributed by atoms with Crippen LogP contribution in [0.1, 0.15) is 17.4 Å². The van der Waals surface area contributed by atoms with E-state index >= 15 is 0 Å². The molecule has 0 aliphatic rings. The third kappa shape index (κ3) is 4.08. The van der Waals surface area contributed by atoms with Crippen molar-refractivity contribution in [3.05, 3.63) is 44.6 Å². The Morgan fingerprint density at radius 1 is 1.37 bits per heavy atom. The Bertz CT molecular complexity index is 595. The lowest BCUT2D eigenvalue weighted by atomic mass is 10.1. The summed E-state index contributed by atoms with van der Waals surface area (Å²) in [5.74, 6) is -0.0488. The molecule has 0 saturated carbocycles. The van der Waals surface area contributed by atoms with Crippen molar-refractivity contribution in [1.29, 1.82) is 0 Å². The molecule has 0 spiro atoms. The molecule has 0 bridgehead atoms. The first-order valence-electron chi connectivity index (χ1n) is 5.89. The molecule has 0 unspecified atom stereocenters. The Hall–Kier alpha value is -1.33. The predicted molar refractivity (Wildman–Crippen MR) is 84.8 cm³/mol. The maximum Gasteiger partial charge on any atom is 0.221 e. The van der Waals surface area contributed by atoms with Gasteiger partial charge in [-0.3, -0.25) is 4.79 Å². The highest BCUT2D eigenvalue weighted by Crippen LogP contribution is 2.23. The SMILES string of the molecule is CC(=O)Nc1ccc(NCc2cc(Br)cs2)cc1C. The van der Waals surface area contributed by atoms with Gasteiger partial charge in [-0.25, -0.2) is 0 Å². The average molecular weight is 339 g/mol. The van der Waals surface area contributed by atoms with E-state index in [-0.39, 0.29) is 5.91 Å².